The van der Waals surface area contributed by atoms with Crippen LogP contribution in [-0.2, 0) is 0 Å². The third-order valence-corrected chi connectivity index (χ3v) is 1.55. The van der Waals surface area contributed by atoms with Gasteiger partial charge in [0.1, 0.15) is 6.20 Å². The van der Waals surface area contributed by atoms with Gasteiger partial charge in [0.2, 0.25) is 0 Å². The van der Waals surface area contributed by atoms with Crippen LogP contribution in [-0.4, -0.2) is 10.4 Å². The van der Waals surface area contributed by atoms with E-state index in [9.17, 15) is 0 Å². The van der Waals surface area contributed by atoms with Gasteiger partial charge in [0.05, 0.1) is 12.6 Å². The molecule has 0 fully saturated rings. The van der Waals surface area contributed by atoms with Crippen LogP contribution in [0.1, 0.15) is 12.8 Å². The van der Waals surface area contributed by atoms with E-state index < -0.39 is 0 Å². The van der Waals surface area contributed by atoms with Gasteiger partial charge in [-0.1, -0.05) is 5.32 Å². The maximum atomic E-state index is 4.17. The quantitative estimate of drug-likeness (QED) is 0.420. The molecule has 1 radical (unpaired) electrons. The predicted octanol–water partition coefficient (Wildman–Crippen LogP) is 0.794. The number of allylic oxidation sites excluding steroid dienone is 1. The van der Waals surface area contributed by atoms with Crippen LogP contribution in [0.3, 0.4) is 0 Å². The molecule has 45 valence electrons. The molecule has 0 unspecified atom stereocenters. The number of hydrogen-bond donors (Lipinski definition) is 0. The van der Waals surface area contributed by atoms with Crippen LogP contribution in [0.2, 0.25) is 0 Å². The summed E-state index contributed by atoms with van der Waals surface area (Å²) in [6.45, 7) is 0. The molecule has 2 aliphatic rings. The van der Waals surface area contributed by atoms with Crippen molar-refractivity contribution in [1.29, 1.82) is 0 Å². The number of hydrogen-bond acceptors (Lipinski definition) is 0. The molecule has 9 heavy (non-hydrogen) atoms. The minimum atomic E-state index is 1.09. The molecule has 0 N–H and O–H groups in total. The zero-order valence-corrected chi connectivity index (χ0v) is 5.12. The van der Waals surface area contributed by atoms with Gasteiger partial charge in [-0.3, -0.25) is 0 Å². The monoisotopic (exact) mass is 120 g/mol. The Hall–Kier alpha value is -1.05. The lowest BCUT2D eigenvalue weighted by Crippen LogP contribution is -2.16. The lowest BCUT2D eigenvalue weighted by atomic mass is 10.2. The van der Waals surface area contributed by atoms with Gasteiger partial charge in [-0.05, 0) is 12.5 Å². The normalized spacial score (nSPS) is 22.2. The number of rotatable bonds is 0. The first kappa shape index (κ1) is 4.79. The summed E-state index contributed by atoms with van der Waals surface area (Å²) < 4.78 is 2.06. The molecule has 0 bridgehead atoms. The average Bonchev–Trinajstić information content (AvgIpc) is 2.33. The SMILES string of the molecule is C1=C[N+]2=C(CC1)[N]C=C2. The standard InChI is InChI=1S/C7H8N2/c1-2-5-9-6-4-8-7(9)3-1/h2,4-6H,1,3H2/q+1. The van der Waals surface area contributed by atoms with Crippen LogP contribution in [0.15, 0.2) is 24.7 Å². The first-order chi connectivity index (χ1) is 4.47. The van der Waals surface area contributed by atoms with Gasteiger partial charge in [0.25, 0.3) is 0 Å². The molecule has 2 nitrogen and oxygen atoms in total. The Labute approximate surface area is 54.2 Å². The fraction of sp³-hybridized carbons (Fsp3) is 0.286. The van der Waals surface area contributed by atoms with Gasteiger partial charge >= 0.3 is 5.84 Å². The van der Waals surface area contributed by atoms with Crippen molar-refractivity contribution in [2.24, 2.45) is 0 Å². The topological polar surface area (TPSA) is 17.1 Å². The Bertz CT molecular complexity index is 211. The minimum absolute atomic E-state index is 1.09. The minimum Gasteiger partial charge on any atom is -0.204 e. The van der Waals surface area contributed by atoms with Crippen molar-refractivity contribution < 1.29 is 4.58 Å². The molecule has 2 rings (SSSR count). The largest absolute Gasteiger partial charge is 0.303 e. The molecule has 2 heterocycles. The van der Waals surface area contributed by atoms with Gasteiger partial charge in [0, 0.05) is 0 Å². The molecule has 0 atom stereocenters. The highest BCUT2D eigenvalue weighted by Gasteiger charge is 2.19. The van der Waals surface area contributed by atoms with Crippen LogP contribution in [0.25, 0.3) is 0 Å². The van der Waals surface area contributed by atoms with Crippen LogP contribution in [0.5, 0.6) is 0 Å². The highest BCUT2D eigenvalue weighted by Crippen LogP contribution is 2.05. The van der Waals surface area contributed by atoms with E-state index >= 15 is 0 Å². The summed E-state index contributed by atoms with van der Waals surface area (Å²) in [6, 6.07) is 0. The fourth-order valence-corrected chi connectivity index (χ4v) is 1.07. The molecule has 0 amide bonds. The molecule has 0 saturated carbocycles. The smallest absolute Gasteiger partial charge is 0.204 e. The van der Waals surface area contributed by atoms with E-state index in [-0.39, 0.29) is 0 Å². The molecule has 0 aromatic heterocycles. The van der Waals surface area contributed by atoms with Gasteiger partial charge in [-0.15, -0.1) is 0 Å². The molecule has 2 aliphatic heterocycles. The van der Waals surface area contributed by atoms with Crippen molar-refractivity contribution in [2.45, 2.75) is 12.8 Å². The summed E-state index contributed by atoms with van der Waals surface area (Å²) in [5.74, 6) is 1.18. The Morgan fingerprint density at radius 3 is 3.33 bits per heavy atom. The lowest BCUT2D eigenvalue weighted by Gasteiger charge is -1.97. The summed E-state index contributed by atoms with van der Waals surface area (Å²) in [4.78, 5) is 0. The highest BCUT2D eigenvalue weighted by molar-refractivity contribution is 5.80. The molecular formula is C7H8N2+. The first-order valence-corrected chi connectivity index (χ1v) is 3.15. The van der Waals surface area contributed by atoms with Crippen molar-refractivity contribution in [2.75, 3.05) is 0 Å². The van der Waals surface area contributed by atoms with Crippen LogP contribution in [0, 0.1) is 0 Å². The molecular weight excluding hydrogens is 112 g/mol. The number of amidine groups is 1. The summed E-state index contributed by atoms with van der Waals surface area (Å²) in [6.07, 6.45) is 10.3. The van der Waals surface area contributed by atoms with Crippen molar-refractivity contribution >= 4 is 5.84 Å². The zero-order chi connectivity index (χ0) is 6.10. The molecule has 2 heteroatoms. The second-order valence-electron chi connectivity index (χ2n) is 2.17. The summed E-state index contributed by atoms with van der Waals surface area (Å²) in [5, 5.41) is 4.17. The van der Waals surface area contributed by atoms with Crippen LogP contribution < -0.4 is 5.32 Å². The molecule has 0 aliphatic carbocycles. The van der Waals surface area contributed by atoms with Crippen LogP contribution >= 0.6 is 0 Å². The Balaban J connectivity index is 2.35. The van der Waals surface area contributed by atoms with Gasteiger partial charge in [-0.2, -0.15) is 0 Å². The van der Waals surface area contributed by atoms with E-state index in [1.54, 1.807) is 0 Å². The van der Waals surface area contributed by atoms with Gasteiger partial charge in [0.15, 0.2) is 6.20 Å². The third kappa shape index (κ3) is 0.669. The highest BCUT2D eigenvalue weighted by atomic mass is 15.1. The van der Waals surface area contributed by atoms with Crippen LogP contribution in [0.4, 0.5) is 0 Å². The Morgan fingerprint density at radius 1 is 1.44 bits per heavy atom. The summed E-state index contributed by atoms with van der Waals surface area (Å²) in [5.41, 5.74) is 0. The Morgan fingerprint density at radius 2 is 2.44 bits per heavy atom. The summed E-state index contributed by atoms with van der Waals surface area (Å²) in [7, 11) is 0. The lowest BCUT2D eigenvalue weighted by molar-refractivity contribution is -0.378. The van der Waals surface area contributed by atoms with Crippen molar-refractivity contribution in [1.82, 2.24) is 5.32 Å². The van der Waals surface area contributed by atoms with E-state index in [2.05, 4.69) is 22.2 Å². The van der Waals surface area contributed by atoms with Crippen molar-refractivity contribution in [3.63, 3.8) is 0 Å². The van der Waals surface area contributed by atoms with Crippen molar-refractivity contribution in [3.8, 4) is 0 Å². The molecule has 0 aromatic rings. The average molecular weight is 120 g/mol. The van der Waals surface area contributed by atoms with Crippen molar-refractivity contribution in [3.05, 3.63) is 24.7 Å². The molecule has 0 spiro atoms. The van der Waals surface area contributed by atoms with E-state index in [0.717, 1.165) is 12.8 Å². The maximum absolute atomic E-state index is 4.17. The number of nitrogens with zero attached hydrogens (tertiary/aromatic N) is 2. The van der Waals surface area contributed by atoms with E-state index in [0.29, 0.717) is 0 Å². The summed E-state index contributed by atoms with van der Waals surface area (Å²) >= 11 is 0. The molecule has 0 aromatic carbocycles. The van der Waals surface area contributed by atoms with E-state index in [1.165, 1.54) is 5.84 Å². The fourth-order valence-electron chi connectivity index (χ4n) is 1.07. The molecule has 0 saturated heterocycles. The zero-order valence-electron chi connectivity index (χ0n) is 5.12. The van der Waals surface area contributed by atoms with Gasteiger partial charge in [-0.25, -0.2) is 4.58 Å². The maximum Gasteiger partial charge on any atom is 0.303 e. The van der Waals surface area contributed by atoms with Gasteiger partial charge < -0.3 is 0 Å². The third-order valence-electron chi connectivity index (χ3n) is 1.55. The van der Waals surface area contributed by atoms with E-state index in [4.69, 9.17) is 0 Å². The Kier molecular flexibility index (Phi) is 0.918. The second kappa shape index (κ2) is 1.72. The predicted molar refractivity (Wildman–Crippen MR) is 34.9 cm³/mol. The van der Waals surface area contributed by atoms with E-state index in [1.807, 2.05) is 12.4 Å². The first-order valence-electron chi connectivity index (χ1n) is 3.15. The second-order valence-corrected chi connectivity index (χ2v) is 2.17.